The van der Waals surface area contributed by atoms with Crippen molar-refractivity contribution >= 4 is 45.0 Å². The minimum Gasteiger partial charge on any atom is -0.478 e. The number of rotatable bonds is 3. The van der Waals surface area contributed by atoms with Crippen LogP contribution in [0.1, 0.15) is 10.4 Å². The van der Waals surface area contributed by atoms with Gasteiger partial charge in [0.2, 0.25) is 0 Å². The first kappa shape index (κ1) is 13.8. The smallest absolute Gasteiger partial charge is 0.339 e. The molecule has 4 nitrogen and oxygen atoms in total. The number of benzene rings is 1. The number of carboxylic acid groups (broad SMARTS) is 1. The SMILES string of the molecule is O=C(O)c1cc(F)cnc1Nc1ccc(Br)cc1Cl. The van der Waals surface area contributed by atoms with Crippen molar-refractivity contribution in [1.82, 2.24) is 4.98 Å². The third-order valence-electron chi connectivity index (χ3n) is 2.27. The molecule has 19 heavy (non-hydrogen) atoms. The van der Waals surface area contributed by atoms with Crippen molar-refractivity contribution in [1.29, 1.82) is 0 Å². The number of anilines is 2. The summed E-state index contributed by atoms with van der Waals surface area (Å²) < 4.78 is 13.8. The molecule has 0 aliphatic carbocycles. The van der Waals surface area contributed by atoms with E-state index in [-0.39, 0.29) is 11.4 Å². The zero-order valence-electron chi connectivity index (χ0n) is 9.32. The van der Waals surface area contributed by atoms with Gasteiger partial charge in [-0.3, -0.25) is 0 Å². The second-order valence-corrected chi connectivity index (χ2v) is 4.93. The third kappa shape index (κ3) is 3.21. The van der Waals surface area contributed by atoms with Gasteiger partial charge in [0.1, 0.15) is 17.2 Å². The number of nitrogens with one attached hydrogen (secondary N) is 1. The Morgan fingerprint density at radius 1 is 1.42 bits per heavy atom. The minimum atomic E-state index is -1.28. The van der Waals surface area contributed by atoms with Crippen LogP contribution in [0.4, 0.5) is 15.9 Å². The molecule has 1 aromatic heterocycles. The molecule has 0 amide bonds. The van der Waals surface area contributed by atoms with Gasteiger partial charge in [0.25, 0.3) is 0 Å². The number of hydrogen-bond acceptors (Lipinski definition) is 3. The van der Waals surface area contributed by atoms with Crippen LogP contribution in [0.2, 0.25) is 5.02 Å². The van der Waals surface area contributed by atoms with E-state index in [1.807, 2.05) is 0 Å². The number of nitrogens with zero attached hydrogens (tertiary/aromatic N) is 1. The highest BCUT2D eigenvalue weighted by Crippen LogP contribution is 2.29. The van der Waals surface area contributed by atoms with E-state index in [0.717, 1.165) is 16.7 Å². The fourth-order valence-electron chi connectivity index (χ4n) is 1.42. The molecule has 2 aromatic rings. The zero-order valence-corrected chi connectivity index (χ0v) is 11.7. The number of aromatic carboxylic acids is 1. The van der Waals surface area contributed by atoms with Gasteiger partial charge in [-0.1, -0.05) is 27.5 Å². The van der Waals surface area contributed by atoms with Crippen LogP contribution in [-0.2, 0) is 0 Å². The van der Waals surface area contributed by atoms with Crippen LogP contribution < -0.4 is 5.32 Å². The van der Waals surface area contributed by atoms with Crippen molar-refractivity contribution in [2.24, 2.45) is 0 Å². The molecule has 1 heterocycles. The van der Waals surface area contributed by atoms with Gasteiger partial charge < -0.3 is 10.4 Å². The van der Waals surface area contributed by atoms with Crippen molar-refractivity contribution in [3.63, 3.8) is 0 Å². The summed E-state index contributed by atoms with van der Waals surface area (Å²) >= 11 is 9.26. The predicted molar refractivity (Wildman–Crippen MR) is 73.6 cm³/mol. The summed E-state index contributed by atoms with van der Waals surface area (Å²) in [4.78, 5) is 14.7. The van der Waals surface area contributed by atoms with E-state index in [0.29, 0.717) is 10.7 Å². The maximum Gasteiger partial charge on any atom is 0.339 e. The van der Waals surface area contributed by atoms with Crippen molar-refractivity contribution in [2.75, 3.05) is 5.32 Å². The van der Waals surface area contributed by atoms with Crippen molar-refractivity contribution in [3.05, 3.63) is 51.3 Å². The molecule has 0 aliphatic rings. The summed E-state index contributed by atoms with van der Waals surface area (Å²) in [6.07, 6.45) is 0.932. The highest BCUT2D eigenvalue weighted by atomic mass is 79.9. The van der Waals surface area contributed by atoms with Gasteiger partial charge in [0.05, 0.1) is 16.9 Å². The van der Waals surface area contributed by atoms with Gasteiger partial charge in [0, 0.05) is 4.47 Å². The Balaban J connectivity index is 2.40. The van der Waals surface area contributed by atoms with Crippen molar-refractivity contribution in [3.8, 4) is 0 Å². The molecule has 7 heteroatoms. The van der Waals surface area contributed by atoms with Crippen LogP contribution in [0.5, 0.6) is 0 Å². The fourth-order valence-corrected chi connectivity index (χ4v) is 2.14. The van der Waals surface area contributed by atoms with E-state index < -0.39 is 11.8 Å². The third-order valence-corrected chi connectivity index (χ3v) is 3.07. The lowest BCUT2D eigenvalue weighted by atomic mass is 10.2. The predicted octanol–water partition coefficient (Wildman–Crippen LogP) is 4.08. The molecule has 0 unspecified atom stereocenters. The van der Waals surface area contributed by atoms with Crippen LogP contribution in [0.15, 0.2) is 34.9 Å². The van der Waals surface area contributed by atoms with Crippen molar-refractivity contribution in [2.45, 2.75) is 0 Å². The molecule has 0 saturated heterocycles. The maximum atomic E-state index is 13.0. The average molecular weight is 346 g/mol. The average Bonchev–Trinajstić information content (AvgIpc) is 2.34. The van der Waals surface area contributed by atoms with Crippen LogP contribution in [-0.4, -0.2) is 16.1 Å². The molecule has 0 atom stereocenters. The van der Waals surface area contributed by atoms with Crippen LogP contribution in [0.25, 0.3) is 0 Å². The van der Waals surface area contributed by atoms with E-state index in [2.05, 4.69) is 26.2 Å². The first-order valence-corrected chi connectivity index (χ1v) is 6.25. The van der Waals surface area contributed by atoms with Crippen molar-refractivity contribution < 1.29 is 14.3 Å². The molecule has 2 rings (SSSR count). The second kappa shape index (κ2) is 5.54. The Morgan fingerprint density at radius 2 is 2.16 bits per heavy atom. The molecular weight excluding hydrogens is 338 g/mol. The summed E-state index contributed by atoms with van der Waals surface area (Å²) in [6.45, 7) is 0. The van der Waals surface area contributed by atoms with Gasteiger partial charge in [-0.2, -0.15) is 0 Å². The second-order valence-electron chi connectivity index (χ2n) is 3.60. The minimum absolute atomic E-state index is 0.0260. The highest BCUT2D eigenvalue weighted by molar-refractivity contribution is 9.10. The van der Waals surface area contributed by atoms with Gasteiger partial charge in [-0.25, -0.2) is 14.2 Å². The number of pyridine rings is 1. The van der Waals surface area contributed by atoms with E-state index in [9.17, 15) is 9.18 Å². The molecule has 0 radical (unpaired) electrons. The Kier molecular flexibility index (Phi) is 4.01. The summed E-state index contributed by atoms with van der Waals surface area (Å²) in [5.74, 6) is -1.97. The fraction of sp³-hybridized carbons (Fsp3) is 0. The normalized spacial score (nSPS) is 10.3. The van der Waals surface area contributed by atoms with E-state index in [1.165, 1.54) is 0 Å². The number of halogens is 3. The summed E-state index contributed by atoms with van der Waals surface area (Å²) in [5, 5.41) is 12.1. The quantitative estimate of drug-likeness (QED) is 0.880. The Hall–Kier alpha value is -1.66. The molecule has 2 N–H and O–H groups in total. The molecule has 1 aromatic carbocycles. The molecule has 98 valence electrons. The summed E-state index contributed by atoms with van der Waals surface area (Å²) in [5.41, 5.74) is 0.213. The zero-order chi connectivity index (χ0) is 14.0. The molecule has 0 spiro atoms. The standard InChI is InChI=1S/C12H7BrClFN2O2/c13-6-1-2-10(9(14)3-6)17-11-8(12(18)19)4-7(15)5-16-11/h1-5H,(H,16,17)(H,18,19). The van der Waals surface area contributed by atoms with E-state index in [1.54, 1.807) is 18.2 Å². The van der Waals surface area contributed by atoms with Crippen LogP contribution in [0, 0.1) is 5.82 Å². The Bertz CT molecular complexity index is 652. The van der Waals surface area contributed by atoms with Gasteiger partial charge in [-0.15, -0.1) is 0 Å². The lowest BCUT2D eigenvalue weighted by Crippen LogP contribution is -2.05. The topological polar surface area (TPSA) is 62.2 Å². The number of hydrogen-bond donors (Lipinski definition) is 2. The molecule has 0 saturated carbocycles. The van der Waals surface area contributed by atoms with Gasteiger partial charge in [-0.05, 0) is 24.3 Å². The van der Waals surface area contributed by atoms with E-state index in [4.69, 9.17) is 16.7 Å². The number of carbonyl (C=O) groups is 1. The Morgan fingerprint density at radius 3 is 2.79 bits per heavy atom. The first-order valence-electron chi connectivity index (χ1n) is 5.08. The highest BCUT2D eigenvalue weighted by Gasteiger charge is 2.14. The first-order chi connectivity index (χ1) is 8.97. The molecule has 0 aliphatic heterocycles. The maximum absolute atomic E-state index is 13.0. The van der Waals surface area contributed by atoms with Gasteiger partial charge in [0.15, 0.2) is 0 Å². The molecule has 0 fully saturated rings. The molecular formula is C12H7BrClFN2O2. The largest absolute Gasteiger partial charge is 0.478 e. The number of carboxylic acids is 1. The van der Waals surface area contributed by atoms with Crippen LogP contribution >= 0.6 is 27.5 Å². The van der Waals surface area contributed by atoms with Crippen LogP contribution in [0.3, 0.4) is 0 Å². The summed E-state index contributed by atoms with van der Waals surface area (Å²) in [6, 6.07) is 5.93. The Labute approximate surface area is 121 Å². The lowest BCUT2D eigenvalue weighted by Gasteiger charge is -2.10. The summed E-state index contributed by atoms with van der Waals surface area (Å²) in [7, 11) is 0. The number of aromatic nitrogens is 1. The van der Waals surface area contributed by atoms with Gasteiger partial charge >= 0.3 is 5.97 Å². The lowest BCUT2D eigenvalue weighted by molar-refractivity contribution is 0.0697. The van der Waals surface area contributed by atoms with E-state index >= 15 is 0 Å². The molecule has 0 bridgehead atoms. The monoisotopic (exact) mass is 344 g/mol.